The summed E-state index contributed by atoms with van der Waals surface area (Å²) in [5.41, 5.74) is 3.28. The van der Waals surface area contributed by atoms with Crippen LogP contribution in [0.1, 0.15) is 5.56 Å². The molecule has 1 heterocycles. The first-order valence-corrected chi connectivity index (χ1v) is 5.19. The maximum Gasteiger partial charge on any atom is 0.338 e. The van der Waals surface area contributed by atoms with Gasteiger partial charge >= 0.3 is 6.03 Å². The molecule has 2 N–H and O–H groups in total. The summed E-state index contributed by atoms with van der Waals surface area (Å²) in [5, 5.41) is 18.6. The minimum Gasteiger partial charge on any atom is -0.307 e. The molecule has 18 heavy (non-hydrogen) atoms. The predicted octanol–water partition coefficient (Wildman–Crippen LogP) is 1.58. The van der Waals surface area contributed by atoms with Crippen molar-refractivity contribution in [2.24, 2.45) is 0 Å². The standard InChI is InChI=1S/C10H7ClN6O/c11-9-3-8(2-1-7(9)4-12)15-10(18)16-17-5-13-14-6-17/h1-3,5-6H,(H2,15,16,18). The minimum absolute atomic E-state index is 0.277. The van der Waals surface area contributed by atoms with Gasteiger partial charge in [-0.15, -0.1) is 10.2 Å². The molecule has 0 saturated heterocycles. The van der Waals surface area contributed by atoms with Crippen LogP contribution in [0.15, 0.2) is 30.9 Å². The normalized spacial score (nSPS) is 9.56. The number of benzene rings is 1. The molecule has 8 heteroatoms. The van der Waals surface area contributed by atoms with Gasteiger partial charge in [0, 0.05) is 5.69 Å². The van der Waals surface area contributed by atoms with Crippen molar-refractivity contribution in [2.45, 2.75) is 0 Å². The number of amides is 2. The van der Waals surface area contributed by atoms with Gasteiger partial charge in [0.25, 0.3) is 0 Å². The quantitative estimate of drug-likeness (QED) is 0.859. The Bertz CT molecular complexity index is 603. The number of nitrogens with one attached hydrogen (secondary N) is 2. The maximum absolute atomic E-state index is 11.5. The second-order valence-electron chi connectivity index (χ2n) is 3.24. The summed E-state index contributed by atoms with van der Waals surface area (Å²) in [7, 11) is 0. The van der Waals surface area contributed by atoms with Crippen LogP contribution in [0.25, 0.3) is 0 Å². The SMILES string of the molecule is N#Cc1ccc(NC(=O)Nn2cnnc2)cc1Cl. The van der Waals surface area contributed by atoms with Crippen molar-refractivity contribution >= 4 is 23.3 Å². The lowest BCUT2D eigenvalue weighted by molar-refractivity contribution is 0.259. The molecule has 90 valence electrons. The minimum atomic E-state index is -0.476. The maximum atomic E-state index is 11.5. The topological polar surface area (TPSA) is 95.6 Å². The Morgan fingerprint density at radius 1 is 1.39 bits per heavy atom. The van der Waals surface area contributed by atoms with Crippen LogP contribution in [-0.2, 0) is 0 Å². The van der Waals surface area contributed by atoms with Crippen molar-refractivity contribution in [2.75, 3.05) is 10.7 Å². The zero-order valence-corrected chi connectivity index (χ0v) is 9.72. The zero-order valence-electron chi connectivity index (χ0n) is 8.96. The lowest BCUT2D eigenvalue weighted by Gasteiger charge is -2.07. The van der Waals surface area contributed by atoms with Crippen molar-refractivity contribution < 1.29 is 4.79 Å². The number of urea groups is 1. The van der Waals surface area contributed by atoms with E-state index in [1.54, 1.807) is 6.07 Å². The zero-order chi connectivity index (χ0) is 13.0. The number of nitriles is 1. The number of hydrogen-bond acceptors (Lipinski definition) is 4. The highest BCUT2D eigenvalue weighted by Gasteiger charge is 2.05. The second-order valence-corrected chi connectivity index (χ2v) is 3.65. The molecule has 0 bridgehead atoms. The summed E-state index contributed by atoms with van der Waals surface area (Å²) in [6.07, 6.45) is 2.68. The highest BCUT2D eigenvalue weighted by Crippen LogP contribution is 2.19. The molecule has 0 aliphatic rings. The Hall–Kier alpha value is -2.59. The van der Waals surface area contributed by atoms with Crippen LogP contribution >= 0.6 is 11.6 Å². The first kappa shape index (κ1) is 11.9. The Labute approximate surface area is 107 Å². The third-order valence-electron chi connectivity index (χ3n) is 2.00. The van der Waals surface area contributed by atoms with E-state index in [1.165, 1.54) is 29.5 Å². The molecule has 2 rings (SSSR count). The number of halogens is 1. The second kappa shape index (κ2) is 5.16. The van der Waals surface area contributed by atoms with Crippen molar-refractivity contribution in [1.82, 2.24) is 14.9 Å². The van der Waals surface area contributed by atoms with Gasteiger partial charge in [-0.2, -0.15) is 5.26 Å². The van der Waals surface area contributed by atoms with E-state index in [0.717, 1.165) is 0 Å². The Balaban J connectivity index is 2.03. The van der Waals surface area contributed by atoms with Crippen LogP contribution in [0, 0.1) is 11.3 Å². The summed E-state index contributed by atoms with van der Waals surface area (Å²) in [4.78, 5) is 11.5. The van der Waals surface area contributed by atoms with Crippen molar-refractivity contribution in [3.05, 3.63) is 41.4 Å². The average molecular weight is 263 g/mol. The van der Waals surface area contributed by atoms with E-state index in [1.807, 2.05) is 6.07 Å². The summed E-state index contributed by atoms with van der Waals surface area (Å²) in [6.45, 7) is 0. The molecule has 0 spiro atoms. The number of rotatable bonds is 2. The smallest absolute Gasteiger partial charge is 0.307 e. The Morgan fingerprint density at radius 2 is 2.11 bits per heavy atom. The summed E-state index contributed by atoms with van der Waals surface area (Å²) in [6, 6.07) is 6.05. The lowest BCUT2D eigenvalue weighted by atomic mass is 10.2. The van der Waals surface area contributed by atoms with Gasteiger partial charge in [0.1, 0.15) is 18.7 Å². The molecular weight excluding hydrogens is 256 g/mol. The third kappa shape index (κ3) is 2.75. The summed E-state index contributed by atoms with van der Waals surface area (Å²) in [5.74, 6) is 0. The number of anilines is 1. The molecule has 1 aromatic carbocycles. The van der Waals surface area contributed by atoms with E-state index in [9.17, 15) is 4.79 Å². The highest BCUT2D eigenvalue weighted by molar-refractivity contribution is 6.32. The third-order valence-corrected chi connectivity index (χ3v) is 2.31. The van der Waals surface area contributed by atoms with E-state index in [4.69, 9.17) is 16.9 Å². The largest absolute Gasteiger partial charge is 0.338 e. The Kier molecular flexibility index (Phi) is 3.41. The van der Waals surface area contributed by atoms with Gasteiger partial charge in [-0.3, -0.25) is 0 Å². The van der Waals surface area contributed by atoms with Crippen molar-refractivity contribution in [3.63, 3.8) is 0 Å². The fourth-order valence-electron chi connectivity index (χ4n) is 1.22. The van der Waals surface area contributed by atoms with Crippen LogP contribution in [-0.4, -0.2) is 20.9 Å². The summed E-state index contributed by atoms with van der Waals surface area (Å²) >= 11 is 5.84. The van der Waals surface area contributed by atoms with Crippen LogP contribution in [0.2, 0.25) is 5.02 Å². The monoisotopic (exact) mass is 262 g/mol. The van der Waals surface area contributed by atoms with E-state index < -0.39 is 6.03 Å². The fraction of sp³-hybridized carbons (Fsp3) is 0. The molecule has 0 atom stereocenters. The number of aromatic nitrogens is 3. The van der Waals surface area contributed by atoms with Gasteiger partial charge in [0.05, 0.1) is 10.6 Å². The first-order chi connectivity index (χ1) is 8.69. The van der Waals surface area contributed by atoms with E-state index >= 15 is 0 Å². The van der Waals surface area contributed by atoms with Gasteiger partial charge in [-0.05, 0) is 18.2 Å². The van der Waals surface area contributed by atoms with E-state index in [-0.39, 0.29) is 5.02 Å². The molecule has 2 amide bonds. The molecule has 2 aromatic rings. The van der Waals surface area contributed by atoms with E-state index in [0.29, 0.717) is 11.3 Å². The molecular formula is C10H7ClN6O. The molecule has 0 aliphatic carbocycles. The van der Waals surface area contributed by atoms with Crippen LogP contribution in [0.4, 0.5) is 10.5 Å². The number of carbonyl (C=O) groups excluding carboxylic acids is 1. The molecule has 0 aliphatic heterocycles. The van der Waals surface area contributed by atoms with E-state index in [2.05, 4.69) is 20.9 Å². The molecule has 0 fully saturated rings. The van der Waals surface area contributed by atoms with Gasteiger partial charge in [0.2, 0.25) is 0 Å². The molecule has 1 aromatic heterocycles. The molecule has 0 radical (unpaired) electrons. The van der Waals surface area contributed by atoms with Crippen molar-refractivity contribution in [1.29, 1.82) is 5.26 Å². The lowest BCUT2D eigenvalue weighted by Crippen LogP contribution is -2.26. The molecule has 7 nitrogen and oxygen atoms in total. The van der Waals surface area contributed by atoms with Gasteiger partial charge in [-0.1, -0.05) is 11.6 Å². The first-order valence-electron chi connectivity index (χ1n) is 4.81. The average Bonchev–Trinajstić information content (AvgIpc) is 2.82. The molecule has 0 saturated carbocycles. The van der Waals surface area contributed by atoms with Crippen LogP contribution in [0.3, 0.4) is 0 Å². The number of nitrogens with zero attached hydrogens (tertiary/aromatic N) is 4. The van der Waals surface area contributed by atoms with Crippen LogP contribution in [0.5, 0.6) is 0 Å². The number of hydrogen-bond donors (Lipinski definition) is 2. The predicted molar refractivity (Wildman–Crippen MR) is 64.6 cm³/mol. The van der Waals surface area contributed by atoms with Gasteiger partial charge in [-0.25, -0.2) is 14.9 Å². The highest BCUT2D eigenvalue weighted by atomic mass is 35.5. The molecule has 0 unspecified atom stereocenters. The van der Waals surface area contributed by atoms with Crippen molar-refractivity contribution in [3.8, 4) is 6.07 Å². The van der Waals surface area contributed by atoms with Crippen LogP contribution < -0.4 is 10.7 Å². The Morgan fingerprint density at radius 3 is 2.72 bits per heavy atom. The fourth-order valence-corrected chi connectivity index (χ4v) is 1.44. The summed E-state index contributed by atoms with van der Waals surface area (Å²) < 4.78 is 1.29. The number of carbonyl (C=O) groups is 1. The van der Waals surface area contributed by atoms with Gasteiger partial charge < -0.3 is 5.32 Å². The van der Waals surface area contributed by atoms with Gasteiger partial charge in [0.15, 0.2) is 0 Å².